The highest BCUT2D eigenvalue weighted by Crippen LogP contribution is 2.35. The highest BCUT2D eigenvalue weighted by atomic mass is 35.5. The smallest absolute Gasteiger partial charge is 0.374 e. The molecule has 1 saturated carbocycles. The molecule has 1 fully saturated rings. The summed E-state index contributed by atoms with van der Waals surface area (Å²) in [7, 11) is 0. The van der Waals surface area contributed by atoms with Gasteiger partial charge in [0.2, 0.25) is 0 Å². The van der Waals surface area contributed by atoms with Gasteiger partial charge >= 0.3 is 17.7 Å². The molecule has 0 saturated heterocycles. The minimum atomic E-state index is -4.34. The summed E-state index contributed by atoms with van der Waals surface area (Å²) >= 11 is 5.88. The average molecular weight is 549 g/mol. The number of carbonyl (C=O) groups excluding carboxylic acids is 1. The fourth-order valence-electron chi connectivity index (χ4n) is 4.28. The Morgan fingerprint density at radius 3 is 2.39 bits per heavy atom. The van der Waals surface area contributed by atoms with Crippen molar-refractivity contribution in [2.24, 2.45) is 11.8 Å². The van der Waals surface area contributed by atoms with E-state index in [0.29, 0.717) is 30.4 Å². The van der Waals surface area contributed by atoms with E-state index in [9.17, 15) is 18.0 Å². The Balaban J connectivity index is 0.00000145. The van der Waals surface area contributed by atoms with E-state index in [1.165, 1.54) is 12.8 Å². The van der Waals surface area contributed by atoms with Crippen LogP contribution in [0.2, 0.25) is 5.02 Å². The molecule has 0 bridgehead atoms. The van der Waals surface area contributed by atoms with E-state index in [1.54, 1.807) is 29.8 Å². The van der Waals surface area contributed by atoms with E-state index >= 15 is 0 Å². The van der Waals surface area contributed by atoms with Crippen LogP contribution >= 0.6 is 11.6 Å². The summed E-state index contributed by atoms with van der Waals surface area (Å²) in [5, 5.41) is 10.1. The molecule has 1 amide bonds. The van der Waals surface area contributed by atoms with Gasteiger partial charge in [-0.05, 0) is 63.1 Å². The van der Waals surface area contributed by atoms with Gasteiger partial charge in [0.15, 0.2) is 5.69 Å². The third kappa shape index (κ3) is 7.80. The summed E-state index contributed by atoms with van der Waals surface area (Å²) < 4.78 is 56.9. The maximum Gasteiger partial charge on any atom is 0.408 e. The van der Waals surface area contributed by atoms with E-state index in [4.69, 9.17) is 20.0 Å². The summed E-state index contributed by atoms with van der Waals surface area (Å²) in [6, 6.07) is 3.26. The lowest BCUT2D eigenvalue weighted by Gasteiger charge is -2.26. The summed E-state index contributed by atoms with van der Waals surface area (Å²) in [5.74, 6) is 0.913. The zero-order valence-corrected chi connectivity index (χ0v) is 22.3. The van der Waals surface area contributed by atoms with Crippen LogP contribution in [0.3, 0.4) is 0 Å². The first-order valence-corrected chi connectivity index (χ1v) is 12.9. The lowest BCUT2D eigenvalue weighted by atomic mass is 9.83. The normalized spacial score (nSPS) is 18.6. The number of benzene rings is 1. The average Bonchev–Trinajstić information content (AvgIpc) is 3.14. The standard InChI is InChI=1S/C24H32ClF3N4O.O2S/c1-5-32-22(19-11-10-18(12-15(19)3)30-16(4)24(26,27)28)20(25)21(31-32)23(33)29-13-17-8-6-14(2)7-9-17;1-3-2/h10-12,14,16-17,30H,5-9,13H2,1-4H3,(H,29,33);/t14?,16-,17?;/m1./s1. The first kappa shape index (κ1) is 29.8. The van der Waals surface area contributed by atoms with Gasteiger partial charge in [0.05, 0.1) is 10.7 Å². The Morgan fingerprint density at radius 1 is 1.25 bits per heavy atom. The minimum absolute atomic E-state index is 0.171. The molecule has 0 unspecified atom stereocenters. The van der Waals surface area contributed by atoms with Crippen LogP contribution in [0.15, 0.2) is 18.2 Å². The number of halogens is 4. The maximum absolute atomic E-state index is 12.9. The van der Waals surface area contributed by atoms with Crippen molar-refractivity contribution >= 4 is 34.8 Å². The van der Waals surface area contributed by atoms with Gasteiger partial charge in [-0.1, -0.05) is 37.4 Å². The molecule has 1 heterocycles. The fraction of sp³-hybridized carbons (Fsp3) is 0.583. The van der Waals surface area contributed by atoms with E-state index < -0.39 is 23.8 Å². The predicted octanol–water partition coefficient (Wildman–Crippen LogP) is 5.78. The number of rotatable bonds is 7. The third-order valence-electron chi connectivity index (χ3n) is 6.45. The van der Waals surface area contributed by atoms with Crippen LogP contribution in [0, 0.1) is 18.8 Å². The molecule has 1 aromatic carbocycles. The van der Waals surface area contributed by atoms with Crippen molar-refractivity contribution in [3.63, 3.8) is 0 Å². The molecule has 12 heteroatoms. The molecule has 200 valence electrons. The van der Waals surface area contributed by atoms with Gasteiger partial charge in [0.1, 0.15) is 6.04 Å². The number of alkyl halides is 3. The molecule has 0 aliphatic heterocycles. The van der Waals surface area contributed by atoms with Crippen LogP contribution in [-0.2, 0) is 18.1 Å². The zero-order chi connectivity index (χ0) is 27.0. The molecule has 36 heavy (non-hydrogen) atoms. The van der Waals surface area contributed by atoms with Gasteiger partial charge in [0, 0.05) is 24.3 Å². The second-order valence-electron chi connectivity index (χ2n) is 9.17. The summed E-state index contributed by atoms with van der Waals surface area (Å²) in [4.78, 5) is 12.9. The van der Waals surface area contributed by atoms with Crippen LogP contribution in [0.1, 0.15) is 62.5 Å². The highest BCUT2D eigenvalue weighted by Gasteiger charge is 2.36. The Bertz CT molecular complexity index is 1080. The number of anilines is 1. The third-order valence-corrected chi connectivity index (χ3v) is 6.81. The lowest BCUT2D eigenvalue weighted by molar-refractivity contribution is -0.138. The van der Waals surface area contributed by atoms with Crippen molar-refractivity contribution in [3.05, 3.63) is 34.5 Å². The van der Waals surface area contributed by atoms with Crippen molar-refractivity contribution in [1.29, 1.82) is 0 Å². The van der Waals surface area contributed by atoms with E-state index in [1.807, 2.05) is 6.92 Å². The summed E-state index contributed by atoms with van der Waals surface area (Å²) in [6.07, 6.45) is 0.241. The highest BCUT2D eigenvalue weighted by molar-refractivity contribution is 7.51. The second kappa shape index (κ2) is 13.2. The topological polar surface area (TPSA) is 93.1 Å². The molecule has 1 aliphatic rings. The summed E-state index contributed by atoms with van der Waals surface area (Å²) in [6.45, 7) is 8.13. The van der Waals surface area contributed by atoms with Crippen LogP contribution < -0.4 is 10.6 Å². The van der Waals surface area contributed by atoms with Crippen molar-refractivity contribution in [2.75, 3.05) is 11.9 Å². The lowest BCUT2D eigenvalue weighted by Crippen LogP contribution is -2.33. The Kier molecular flexibility index (Phi) is 11.0. The van der Waals surface area contributed by atoms with Crippen LogP contribution in [0.25, 0.3) is 11.3 Å². The number of aryl methyl sites for hydroxylation is 2. The largest absolute Gasteiger partial charge is 0.408 e. The Hall–Kier alpha value is -2.40. The van der Waals surface area contributed by atoms with Crippen molar-refractivity contribution in [3.8, 4) is 11.3 Å². The molecule has 2 N–H and O–H groups in total. The quantitative estimate of drug-likeness (QED) is 0.457. The first-order chi connectivity index (χ1) is 16.9. The molecule has 1 atom stereocenters. The zero-order valence-electron chi connectivity index (χ0n) is 20.7. The monoisotopic (exact) mass is 548 g/mol. The van der Waals surface area contributed by atoms with Gasteiger partial charge < -0.3 is 10.6 Å². The van der Waals surface area contributed by atoms with Gasteiger partial charge in [0.25, 0.3) is 5.91 Å². The van der Waals surface area contributed by atoms with Crippen molar-refractivity contribution in [1.82, 2.24) is 15.1 Å². The molecule has 0 spiro atoms. The maximum atomic E-state index is 12.9. The number of amides is 1. The molecule has 0 radical (unpaired) electrons. The molecule has 1 aliphatic carbocycles. The number of nitrogens with one attached hydrogen (secondary N) is 2. The number of hydrogen-bond acceptors (Lipinski definition) is 5. The Labute approximate surface area is 217 Å². The van der Waals surface area contributed by atoms with Gasteiger partial charge in [-0.2, -0.15) is 26.7 Å². The number of nitrogens with zero attached hydrogens (tertiary/aromatic N) is 2. The fourth-order valence-corrected chi connectivity index (χ4v) is 4.60. The Morgan fingerprint density at radius 2 is 1.86 bits per heavy atom. The van der Waals surface area contributed by atoms with Crippen molar-refractivity contribution < 1.29 is 26.4 Å². The molecule has 1 aromatic heterocycles. The van der Waals surface area contributed by atoms with E-state index in [-0.39, 0.29) is 16.6 Å². The first-order valence-electron chi connectivity index (χ1n) is 11.8. The molecule has 7 nitrogen and oxygen atoms in total. The van der Waals surface area contributed by atoms with Gasteiger partial charge in [-0.3, -0.25) is 9.48 Å². The number of hydrogen-bond donors (Lipinski definition) is 2. The summed E-state index contributed by atoms with van der Waals surface area (Å²) in [5.41, 5.74) is 2.57. The molecule has 2 aromatic rings. The SMILES string of the molecule is CCn1nc(C(=O)NCC2CCC(C)CC2)c(Cl)c1-c1ccc(N[C@H](C)C(F)(F)F)cc1C.O=S=O. The van der Waals surface area contributed by atoms with E-state index in [0.717, 1.165) is 36.8 Å². The van der Waals surface area contributed by atoms with E-state index in [2.05, 4.69) is 22.7 Å². The van der Waals surface area contributed by atoms with Gasteiger partial charge in [-0.25, -0.2) is 0 Å². The van der Waals surface area contributed by atoms with Crippen LogP contribution in [0.5, 0.6) is 0 Å². The second-order valence-corrected chi connectivity index (χ2v) is 9.68. The van der Waals surface area contributed by atoms with Gasteiger partial charge in [-0.15, -0.1) is 0 Å². The predicted molar refractivity (Wildman–Crippen MR) is 135 cm³/mol. The van der Waals surface area contributed by atoms with Crippen LogP contribution in [0.4, 0.5) is 18.9 Å². The molecule has 3 rings (SSSR count). The number of aromatic nitrogens is 2. The molecular weight excluding hydrogens is 517 g/mol. The number of carbonyl (C=O) groups is 1. The minimum Gasteiger partial charge on any atom is -0.374 e. The van der Waals surface area contributed by atoms with Crippen LogP contribution in [-0.4, -0.2) is 42.9 Å². The van der Waals surface area contributed by atoms with Crippen molar-refractivity contribution in [2.45, 2.75) is 72.1 Å². The molecular formula is C24H32ClF3N4O3S.